The van der Waals surface area contributed by atoms with E-state index in [0.717, 1.165) is 48.1 Å². The van der Waals surface area contributed by atoms with Gasteiger partial charge >= 0.3 is 6.16 Å². The van der Waals surface area contributed by atoms with Crippen LogP contribution < -0.4 is 5.32 Å². The molecule has 0 unspecified atom stereocenters. The fraction of sp³-hybridized carbons (Fsp3) is 0.310. The third kappa shape index (κ3) is 7.09. The number of benzene rings is 3. The molecule has 1 saturated heterocycles. The van der Waals surface area contributed by atoms with E-state index in [1.165, 1.54) is 0 Å². The molecule has 6 nitrogen and oxygen atoms in total. The van der Waals surface area contributed by atoms with Gasteiger partial charge in [0.1, 0.15) is 0 Å². The molecule has 188 valence electrons. The predicted octanol–water partition coefficient (Wildman–Crippen LogP) is 6.07. The van der Waals surface area contributed by atoms with Gasteiger partial charge in [-0.15, -0.1) is 0 Å². The van der Waals surface area contributed by atoms with Gasteiger partial charge in [-0.2, -0.15) is 0 Å². The summed E-state index contributed by atoms with van der Waals surface area (Å²) in [4.78, 5) is 26.4. The number of ether oxygens (including phenoxy) is 2. The van der Waals surface area contributed by atoms with Crippen molar-refractivity contribution < 1.29 is 19.1 Å². The van der Waals surface area contributed by atoms with Crippen LogP contribution in [0.1, 0.15) is 41.3 Å². The molecule has 3 aromatic rings. The molecule has 4 rings (SSSR count). The quantitative estimate of drug-likeness (QED) is 0.356. The van der Waals surface area contributed by atoms with Crippen LogP contribution in [-0.2, 0) is 22.4 Å². The first kappa shape index (κ1) is 25.7. The van der Waals surface area contributed by atoms with Crippen molar-refractivity contribution in [3.05, 3.63) is 94.5 Å². The maximum atomic E-state index is 12.5. The van der Waals surface area contributed by atoms with E-state index >= 15 is 0 Å². The standard InChI is InChI=1S/C29H31ClN2O4/c1-2-35-29(34)36-27-4-3-19-32(27)20-22-7-5-21(6-8-22)17-18-31-28(33)25-11-9-23(10-12-25)24-13-15-26(30)16-14-24/h5-16,27H,2-4,17-20H2,1H3,(H,31,33)/t27-/m0/s1. The number of nitrogens with one attached hydrogen (secondary N) is 1. The van der Waals surface area contributed by atoms with Crippen LogP contribution in [0.5, 0.6) is 0 Å². The number of nitrogens with zero attached hydrogens (tertiary/aromatic N) is 1. The van der Waals surface area contributed by atoms with Crippen LogP contribution in [0.15, 0.2) is 72.8 Å². The molecule has 1 fully saturated rings. The summed E-state index contributed by atoms with van der Waals surface area (Å²) in [6.07, 6.45) is 1.71. The number of carbonyl (C=O) groups is 2. The zero-order valence-corrected chi connectivity index (χ0v) is 21.2. The normalized spacial score (nSPS) is 15.4. The maximum absolute atomic E-state index is 12.5. The van der Waals surface area contributed by atoms with Crippen LogP contribution in [0, 0.1) is 0 Å². The molecule has 1 aliphatic heterocycles. The van der Waals surface area contributed by atoms with E-state index < -0.39 is 6.16 Å². The Kier molecular flexibility index (Phi) is 8.98. The summed E-state index contributed by atoms with van der Waals surface area (Å²) in [5, 5.41) is 3.70. The van der Waals surface area contributed by atoms with Crippen molar-refractivity contribution in [3.63, 3.8) is 0 Å². The summed E-state index contributed by atoms with van der Waals surface area (Å²) < 4.78 is 10.3. The molecule has 0 saturated carbocycles. The summed E-state index contributed by atoms with van der Waals surface area (Å²) in [5.41, 5.74) is 5.03. The van der Waals surface area contributed by atoms with Crippen molar-refractivity contribution in [1.29, 1.82) is 0 Å². The lowest BCUT2D eigenvalue weighted by atomic mass is 10.0. The highest BCUT2D eigenvalue weighted by atomic mass is 35.5. The van der Waals surface area contributed by atoms with E-state index in [9.17, 15) is 9.59 Å². The molecule has 36 heavy (non-hydrogen) atoms. The molecule has 1 atom stereocenters. The Balaban J connectivity index is 1.23. The highest BCUT2D eigenvalue weighted by Crippen LogP contribution is 2.23. The largest absolute Gasteiger partial charge is 0.509 e. The molecule has 3 aromatic carbocycles. The molecule has 0 aliphatic carbocycles. The first-order valence-corrected chi connectivity index (χ1v) is 12.7. The minimum Gasteiger partial charge on any atom is -0.435 e. The second-order valence-corrected chi connectivity index (χ2v) is 9.21. The summed E-state index contributed by atoms with van der Waals surface area (Å²) in [6.45, 7) is 4.23. The zero-order chi connectivity index (χ0) is 25.3. The first-order valence-electron chi connectivity index (χ1n) is 12.3. The van der Waals surface area contributed by atoms with Gasteiger partial charge in [-0.25, -0.2) is 4.79 Å². The van der Waals surface area contributed by atoms with Gasteiger partial charge in [0.2, 0.25) is 0 Å². The van der Waals surface area contributed by atoms with Gasteiger partial charge in [-0.05, 0) is 72.7 Å². The van der Waals surface area contributed by atoms with E-state index in [0.29, 0.717) is 30.3 Å². The Labute approximate surface area is 217 Å². The lowest BCUT2D eigenvalue weighted by Gasteiger charge is -2.23. The van der Waals surface area contributed by atoms with Gasteiger partial charge in [0, 0.05) is 30.2 Å². The van der Waals surface area contributed by atoms with Crippen LogP contribution in [-0.4, -0.2) is 42.9 Å². The number of hydrogen-bond donors (Lipinski definition) is 1. The molecule has 0 aromatic heterocycles. The number of carbonyl (C=O) groups excluding carboxylic acids is 2. The lowest BCUT2D eigenvalue weighted by Crippen LogP contribution is -2.33. The third-order valence-corrected chi connectivity index (χ3v) is 6.48. The van der Waals surface area contributed by atoms with Gasteiger partial charge in [-0.1, -0.05) is 60.1 Å². The van der Waals surface area contributed by atoms with Crippen LogP contribution in [0.4, 0.5) is 4.79 Å². The molecular weight excluding hydrogens is 476 g/mol. The molecule has 1 amide bonds. The van der Waals surface area contributed by atoms with Gasteiger partial charge < -0.3 is 14.8 Å². The van der Waals surface area contributed by atoms with Gasteiger partial charge in [0.25, 0.3) is 5.91 Å². The third-order valence-electron chi connectivity index (χ3n) is 6.23. The Morgan fingerprint density at radius 3 is 2.25 bits per heavy atom. The highest BCUT2D eigenvalue weighted by Gasteiger charge is 2.28. The van der Waals surface area contributed by atoms with Gasteiger partial charge in [0.15, 0.2) is 6.23 Å². The number of likely N-dealkylation sites (tertiary alicyclic amines) is 1. The average molecular weight is 507 g/mol. The van der Waals surface area contributed by atoms with Crippen molar-refractivity contribution in [1.82, 2.24) is 10.2 Å². The van der Waals surface area contributed by atoms with Crippen LogP contribution in [0.25, 0.3) is 11.1 Å². The maximum Gasteiger partial charge on any atom is 0.509 e. The molecule has 0 bridgehead atoms. The monoisotopic (exact) mass is 506 g/mol. The van der Waals surface area contributed by atoms with Crippen LogP contribution in [0.3, 0.4) is 0 Å². The number of halogens is 1. The number of rotatable bonds is 9. The van der Waals surface area contributed by atoms with Gasteiger partial charge in [0.05, 0.1) is 6.61 Å². The van der Waals surface area contributed by atoms with Crippen LogP contribution in [0.2, 0.25) is 5.02 Å². The molecule has 7 heteroatoms. The van der Waals surface area contributed by atoms with E-state index in [2.05, 4.69) is 34.5 Å². The average Bonchev–Trinajstić information content (AvgIpc) is 3.32. The van der Waals surface area contributed by atoms with Crippen molar-refractivity contribution >= 4 is 23.7 Å². The van der Waals surface area contributed by atoms with Crippen LogP contribution >= 0.6 is 11.6 Å². The van der Waals surface area contributed by atoms with Crippen molar-refractivity contribution in [2.24, 2.45) is 0 Å². The smallest absolute Gasteiger partial charge is 0.435 e. The molecule has 1 aliphatic rings. The fourth-order valence-electron chi connectivity index (χ4n) is 4.30. The van der Waals surface area contributed by atoms with E-state index in [1.807, 2.05) is 48.5 Å². The predicted molar refractivity (Wildman–Crippen MR) is 141 cm³/mol. The second kappa shape index (κ2) is 12.6. The van der Waals surface area contributed by atoms with Crippen molar-refractivity contribution in [3.8, 4) is 11.1 Å². The second-order valence-electron chi connectivity index (χ2n) is 8.77. The molecule has 1 N–H and O–H groups in total. The molecule has 1 heterocycles. The van der Waals surface area contributed by atoms with E-state index in [1.54, 1.807) is 6.92 Å². The minimum absolute atomic E-state index is 0.0871. The molecule has 0 spiro atoms. The Morgan fingerprint density at radius 1 is 0.944 bits per heavy atom. The Hall–Kier alpha value is -3.35. The zero-order valence-electron chi connectivity index (χ0n) is 20.4. The highest BCUT2D eigenvalue weighted by molar-refractivity contribution is 6.30. The van der Waals surface area contributed by atoms with E-state index in [4.69, 9.17) is 21.1 Å². The number of hydrogen-bond acceptors (Lipinski definition) is 5. The topological polar surface area (TPSA) is 67.9 Å². The molecule has 0 radical (unpaired) electrons. The lowest BCUT2D eigenvalue weighted by molar-refractivity contribution is -0.0306. The molecular formula is C29H31ClN2O4. The van der Waals surface area contributed by atoms with Gasteiger partial charge in [-0.3, -0.25) is 9.69 Å². The Morgan fingerprint density at radius 2 is 1.58 bits per heavy atom. The minimum atomic E-state index is -0.607. The summed E-state index contributed by atoms with van der Waals surface area (Å²) in [7, 11) is 0. The van der Waals surface area contributed by atoms with Crippen molar-refractivity contribution in [2.45, 2.75) is 39.0 Å². The Bertz CT molecular complexity index is 1150. The summed E-state index contributed by atoms with van der Waals surface area (Å²) in [5.74, 6) is -0.0871. The fourth-order valence-corrected chi connectivity index (χ4v) is 4.42. The summed E-state index contributed by atoms with van der Waals surface area (Å²) >= 11 is 5.96. The SMILES string of the molecule is CCOC(=O)O[C@H]1CCCN1Cc1ccc(CCNC(=O)c2ccc(-c3ccc(Cl)cc3)cc2)cc1. The summed E-state index contributed by atoms with van der Waals surface area (Å²) in [6, 6.07) is 23.5. The van der Waals surface area contributed by atoms with Crippen molar-refractivity contribution in [2.75, 3.05) is 19.7 Å². The van der Waals surface area contributed by atoms with E-state index in [-0.39, 0.29) is 12.1 Å². The first-order chi connectivity index (χ1) is 17.5. The number of amides is 1.